The fourth-order valence-electron chi connectivity index (χ4n) is 5.13. The first-order valence-corrected chi connectivity index (χ1v) is 16.3. The van der Waals surface area contributed by atoms with Crippen LogP contribution in [0.15, 0.2) is 6.20 Å². The Morgan fingerprint density at radius 1 is 1.02 bits per heavy atom. The normalized spacial score (nSPS) is 16.9. The van der Waals surface area contributed by atoms with Crippen molar-refractivity contribution in [2.75, 3.05) is 120 Å². The Morgan fingerprint density at radius 3 is 2.27 bits per heavy atom. The average Bonchev–Trinajstić information content (AvgIpc) is 3.60. The van der Waals surface area contributed by atoms with Crippen LogP contribution in [0.2, 0.25) is 0 Å². The van der Waals surface area contributed by atoms with Crippen molar-refractivity contribution in [3.8, 4) is 12.3 Å². The van der Waals surface area contributed by atoms with E-state index >= 15 is 0 Å². The van der Waals surface area contributed by atoms with Crippen molar-refractivity contribution in [2.24, 2.45) is 11.7 Å². The molecule has 2 aliphatic heterocycles. The smallest absolute Gasteiger partial charge is 0.247 e. The van der Waals surface area contributed by atoms with E-state index in [0.29, 0.717) is 116 Å². The van der Waals surface area contributed by atoms with Gasteiger partial charge in [0.1, 0.15) is 18.3 Å². The summed E-state index contributed by atoms with van der Waals surface area (Å²) in [5.41, 5.74) is 6.38. The lowest BCUT2D eigenvalue weighted by Crippen LogP contribution is -3.00. The summed E-state index contributed by atoms with van der Waals surface area (Å²) in [6, 6.07) is -1.17. The quantitative estimate of drug-likeness (QED) is 0.0962. The fourth-order valence-corrected chi connectivity index (χ4v) is 5.13. The molecule has 2 saturated heterocycles. The number of aromatic nitrogens is 6. The summed E-state index contributed by atoms with van der Waals surface area (Å²) < 4.78 is 23.4. The average molecular weight is 695 g/mol. The van der Waals surface area contributed by atoms with Crippen molar-refractivity contribution >= 4 is 23.8 Å². The van der Waals surface area contributed by atoms with Gasteiger partial charge in [-0.25, -0.2) is 4.68 Å². The highest BCUT2D eigenvalue weighted by Crippen LogP contribution is 2.26. The molecule has 2 aliphatic rings. The molecule has 268 valence electrons. The Bertz CT molecular complexity index is 1270. The first-order chi connectivity index (χ1) is 22.9. The lowest BCUT2D eigenvalue weighted by molar-refractivity contribution is -0.137. The molecule has 2 aromatic rings. The summed E-state index contributed by atoms with van der Waals surface area (Å²) in [4.78, 5) is 34.1. The summed E-state index contributed by atoms with van der Waals surface area (Å²) in [5.74, 6) is 4.00. The molecule has 0 spiro atoms. The Balaban J connectivity index is 0.00000625. The van der Waals surface area contributed by atoms with Crippen molar-refractivity contribution in [3.05, 3.63) is 11.9 Å². The maximum absolute atomic E-state index is 13.8. The highest BCUT2D eigenvalue weighted by atomic mass is 35.5. The third kappa shape index (κ3) is 11.4. The van der Waals surface area contributed by atoms with Gasteiger partial charge in [-0.15, -0.1) is 11.5 Å². The van der Waals surface area contributed by atoms with E-state index < -0.39 is 12.1 Å². The van der Waals surface area contributed by atoms with E-state index in [9.17, 15) is 9.90 Å². The van der Waals surface area contributed by atoms with Crippen LogP contribution in [0.1, 0.15) is 38.0 Å². The maximum atomic E-state index is 13.8. The molecule has 17 nitrogen and oxygen atoms in total. The molecular formula is C30H49ClN11O6-. The van der Waals surface area contributed by atoms with Crippen LogP contribution in [-0.4, -0.2) is 151 Å². The number of nitrogens with one attached hydrogen (secondary N) is 1. The van der Waals surface area contributed by atoms with Crippen LogP contribution >= 0.6 is 0 Å². The van der Waals surface area contributed by atoms with Crippen LogP contribution < -0.4 is 33.3 Å². The molecule has 4 N–H and O–H groups in total. The zero-order valence-corrected chi connectivity index (χ0v) is 28.6. The van der Waals surface area contributed by atoms with Gasteiger partial charge < -0.3 is 62.2 Å². The molecule has 0 bridgehead atoms. The van der Waals surface area contributed by atoms with Gasteiger partial charge in [-0.1, -0.05) is 31.4 Å². The van der Waals surface area contributed by atoms with Crippen LogP contribution in [0.3, 0.4) is 0 Å². The number of carbonyl (C=O) groups is 1. The molecule has 1 amide bonds. The van der Waals surface area contributed by atoms with Gasteiger partial charge >= 0.3 is 0 Å². The SMILES string of the molecule is C#CCOCCOCCOCCNc1nc(N2CCOCC2)nc(N2CCN(C(=O)[C@H]([C@@H](C)CC)n3cc([C@@H](N)CO)nn3)CC2)n1.[Cl-]. The number of ether oxygens (including phenoxy) is 4. The van der Waals surface area contributed by atoms with Crippen molar-refractivity contribution in [1.29, 1.82) is 0 Å². The van der Waals surface area contributed by atoms with Crippen LogP contribution in [-0.2, 0) is 23.7 Å². The van der Waals surface area contributed by atoms with Gasteiger partial charge in [0.25, 0.3) is 0 Å². The second kappa shape index (κ2) is 20.9. The molecule has 0 saturated carbocycles. The number of anilines is 3. The van der Waals surface area contributed by atoms with Gasteiger partial charge in [0, 0.05) is 45.8 Å². The van der Waals surface area contributed by atoms with Crippen molar-refractivity contribution in [1.82, 2.24) is 34.8 Å². The Hall–Kier alpha value is -3.37. The Kier molecular flexibility index (Phi) is 17.0. The number of morpholine rings is 1. The number of terminal acetylenes is 1. The predicted octanol–water partition coefficient (Wildman–Crippen LogP) is -3.67. The number of rotatable bonds is 19. The zero-order chi connectivity index (χ0) is 33.4. The Labute approximate surface area is 288 Å². The van der Waals surface area contributed by atoms with Gasteiger partial charge in [-0.2, -0.15) is 15.0 Å². The monoisotopic (exact) mass is 694 g/mol. The molecule has 0 aliphatic carbocycles. The van der Waals surface area contributed by atoms with Crippen molar-refractivity contribution in [2.45, 2.75) is 32.4 Å². The number of aliphatic hydroxyl groups excluding tert-OH is 1. The number of carbonyl (C=O) groups excluding carboxylic acids is 1. The second-order valence-corrected chi connectivity index (χ2v) is 11.3. The number of piperazine rings is 1. The van der Waals surface area contributed by atoms with Crippen molar-refractivity contribution < 1.29 is 41.3 Å². The topological polar surface area (TPSA) is 191 Å². The van der Waals surface area contributed by atoms with Crippen LogP contribution in [0.25, 0.3) is 0 Å². The minimum atomic E-state index is -0.648. The lowest BCUT2D eigenvalue weighted by atomic mass is 9.97. The number of halogens is 1. The molecule has 4 heterocycles. The summed E-state index contributed by atoms with van der Waals surface area (Å²) in [6.07, 6.45) is 7.59. The van der Waals surface area contributed by atoms with Crippen LogP contribution in [0.5, 0.6) is 0 Å². The van der Waals surface area contributed by atoms with Gasteiger partial charge in [0.15, 0.2) is 0 Å². The van der Waals surface area contributed by atoms with Crippen molar-refractivity contribution in [3.63, 3.8) is 0 Å². The number of hydrogen-bond acceptors (Lipinski definition) is 15. The summed E-state index contributed by atoms with van der Waals surface area (Å²) >= 11 is 0. The number of aliphatic hydroxyl groups is 1. The fraction of sp³-hybridized carbons (Fsp3) is 0.733. The largest absolute Gasteiger partial charge is 1.00 e. The number of nitrogens with two attached hydrogens (primary N) is 1. The summed E-state index contributed by atoms with van der Waals surface area (Å²) in [6.45, 7) is 11.6. The summed E-state index contributed by atoms with van der Waals surface area (Å²) in [7, 11) is 0. The molecular weight excluding hydrogens is 646 g/mol. The number of amides is 1. The molecule has 48 heavy (non-hydrogen) atoms. The predicted molar refractivity (Wildman–Crippen MR) is 174 cm³/mol. The van der Waals surface area contributed by atoms with E-state index in [1.807, 2.05) is 18.7 Å². The zero-order valence-electron chi connectivity index (χ0n) is 27.9. The third-order valence-electron chi connectivity index (χ3n) is 8.06. The molecule has 0 radical (unpaired) electrons. The third-order valence-corrected chi connectivity index (χ3v) is 8.06. The van der Waals surface area contributed by atoms with E-state index in [2.05, 4.69) is 36.3 Å². The highest BCUT2D eigenvalue weighted by Gasteiger charge is 2.34. The maximum Gasteiger partial charge on any atom is 0.247 e. The van der Waals surface area contributed by atoms with Gasteiger partial charge in [0.05, 0.1) is 65.1 Å². The first-order valence-electron chi connectivity index (χ1n) is 16.3. The second-order valence-electron chi connectivity index (χ2n) is 11.3. The molecule has 3 atom stereocenters. The molecule has 2 aromatic heterocycles. The van der Waals surface area contributed by atoms with Crippen LogP contribution in [0, 0.1) is 18.3 Å². The lowest BCUT2D eigenvalue weighted by Gasteiger charge is -2.37. The molecule has 0 unspecified atom stereocenters. The van der Waals surface area contributed by atoms with Gasteiger partial charge in [-0.05, 0) is 5.92 Å². The highest BCUT2D eigenvalue weighted by molar-refractivity contribution is 5.81. The number of nitrogens with zero attached hydrogens (tertiary/aromatic N) is 9. The van der Waals surface area contributed by atoms with Gasteiger partial charge in [-0.3, -0.25) is 4.79 Å². The van der Waals surface area contributed by atoms with Gasteiger partial charge in [0.2, 0.25) is 23.8 Å². The van der Waals surface area contributed by atoms with E-state index in [0.717, 1.165) is 6.42 Å². The van der Waals surface area contributed by atoms with E-state index in [4.69, 9.17) is 41.1 Å². The molecule has 4 rings (SSSR count). The minimum absolute atomic E-state index is 0. The van der Waals surface area contributed by atoms with Crippen LogP contribution in [0.4, 0.5) is 17.8 Å². The first kappa shape index (κ1) is 39.1. The molecule has 0 aromatic carbocycles. The van der Waals surface area contributed by atoms with E-state index in [1.54, 1.807) is 10.9 Å². The van der Waals surface area contributed by atoms with E-state index in [1.165, 1.54) is 0 Å². The minimum Gasteiger partial charge on any atom is -1.00 e. The Morgan fingerprint density at radius 2 is 1.65 bits per heavy atom. The standard InChI is InChI=1S/C30H49N11O6.ClH/c1-4-13-44-17-19-47-20-18-45-14-6-32-28-33-29(35-30(34-28)40-11-15-46-16-12-40)39-9-7-38(8-10-39)27(43)26(23(3)5-2)41-21-25(36-37-41)24(31)22-42;/h1,21,23-24,26,42H,5-20,22,31H2,2-3H3,(H,32,33,34,35);1H/p-1/t23-,24-,26-;/m0./s1. The summed E-state index contributed by atoms with van der Waals surface area (Å²) in [5, 5.41) is 21.0. The van der Waals surface area contributed by atoms with E-state index in [-0.39, 0.29) is 37.4 Å². The molecule has 2 fully saturated rings. The molecule has 18 heteroatoms. The number of hydrogen-bond donors (Lipinski definition) is 3.